The summed E-state index contributed by atoms with van der Waals surface area (Å²) in [6, 6.07) is 14.2. The van der Waals surface area contributed by atoms with Crippen LogP contribution in [0.2, 0.25) is 0 Å². The smallest absolute Gasteiger partial charge is 0.241 e. The van der Waals surface area contributed by atoms with Gasteiger partial charge in [0.15, 0.2) is 0 Å². The van der Waals surface area contributed by atoms with E-state index < -0.39 is 10.0 Å². The van der Waals surface area contributed by atoms with Gasteiger partial charge in [0.2, 0.25) is 10.0 Å². The standard InChI is InChI=1S/C32H46N2O2S/c1-23(2)28-20-29(24(3)4)32(30(21-28)25(5)6)37(35,36)34-22-31(27-17-11-8-12-18-27)33-19-13-16-26-14-9-7-10-15-26/h7-9,11-12,15,17-18,20-21,23-25,31,33-34H,10,13-14,16,19,22H2,1-6H3. The zero-order valence-corrected chi connectivity index (χ0v) is 24.4. The Bertz CT molecular complexity index is 1150. The first kappa shape index (κ1) is 29.3. The first-order valence-corrected chi connectivity index (χ1v) is 15.4. The molecule has 202 valence electrons. The molecule has 2 N–H and O–H groups in total. The molecule has 0 heterocycles. The Labute approximate surface area is 225 Å². The molecule has 0 bridgehead atoms. The average molecular weight is 523 g/mol. The van der Waals surface area contributed by atoms with Crippen LogP contribution in [0.25, 0.3) is 0 Å². The van der Waals surface area contributed by atoms with Gasteiger partial charge in [0.25, 0.3) is 0 Å². The first-order valence-electron chi connectivity index (χ1n) is 13.9. The number of nitrogens with one attached hydrogen (secondary N) is 2. The third-order valence-electron chi connectivity index (χ3n) is 7.18. The molecule has 0 saturated heterocycles. The minimum Gasteiger partial charge on any atom is -0.309 e. The minimum absolute atomic E-state index is 0.101. The van der Waals surface area contributed by atoms with Crippen LogP contribution < -0.4 is 10.0 Å². The molecule has 2 aromatic carbocycles. The quantitative estimate of drug-likeness (QED) is 0.209. The van der Waals surface area contributed by atoms with Gasteiger partial charge in [0.05, 0.1) is 4.90 Å². The summed E-state index contributed by atoms with van der Waals surface area (Å²) in [5.74, 6) is 0.552. The second-order valence-electron chi connectivity index (χ2n) is 11.1. The molecule has 3 rings (SSSR count). The Kier molecular flexibility index (Phi) is 10.7. The molecule has 0 fully saturated rings. The Morgan fingerprint density at radius 1 is 0.838 bits per heavy atom. The molecular formula is C32H46N2O2S. The van der Waals surface area contributed by atoms with Crippen LogP contribution in [0, 0.1) is 0 Å². The zero-order valence-electron chi connectivity index (χ0n) is 23.6. The highest BCUT2D eigenvalue weighted by Gasteiger charge is 2.27. The van der Waals surface area contributed by atoms with Crippen molar-refractivity contribution in [1.29, 1.82) is 0 Å². The predicted molar refractivity (Wildman–Crippen MR) is 157 cm³/mol. The highest BCUT2D eigenvalue weighted by Crippen LogP contribution is 2.35. The fraction of sp³-hybridized carbons (Fsp3) is 0.500. The lowest BCUT2D eigenvalue weighted by Gasteiger charge is -2.25. The lowest BCUT2D eigenvalue weighted by Crippen LogP contribution is -2.36. The third-order valence-corrected chi connectivity index (χ3v) is 8.74. The highest BCUT2D eigenvalue weighted by molar-refractivity contribution is 7.89. The number of hydrogen-bond donors (Lipinski definition) is 2. The Hall–Kier alpha value is -2.21. The molecule has 1 atom stereocenters. The van der Waals surface area contributed by atoms with Crippen LogP contribution in [0.1, 0.15) is 113 Å². The average Bonchev–Trinajstić information content (AvgIpc) is 2.88. The van der Waals surface area contributed by atoms with Gasteiger partial charge < -0.3 is 5.32 Å². The summed E-state index contributed by atoms with van der Waals surface area (Å²) in [6.07, 6.45) is 11.0. The van der Waals surface area contributed by atoms with Crippen LogP contribution in [-0.2, 0) is 10.0 Å². The summed E-state index contributed by atoms with van der Waals surface area (Å²) in [7, 11) is -3.71. The molecule has 1 aliphatic rings. The van der Waals surface area contributed by atoms with Crippen molar-refractivity contribution < 1.29 is 8.42 Å². The van der Waals surface area contributed by atoms with Gasteiger partial charge in [0.1, 0.15) is 0 Å². The van der Waals surface area contributed by atoms with Crippen molar-refractivity contribution >= 4 is 10.0 Å². The summed E-state index contributed by atoms with van der Waals surface area (Å²) in [5.41, 5.74) is 5.59. The van der Waals surface area contributed by atoms with Gasteiger partial charge in [-0.15, -0.1) is 0 Å². The molecule has 0 radical (unpaired) electrons. The van der Waals surface area contributed by atoms with Crippen LogP contribution in [-0.4, -0.2) is 21.5 Å². The van der Waals surface area contributed by atoms with E-state index in [1.807, 2.05) is 18.2 Å². The Balaban J connectivity index is 1.81. The Morgan fingerprint density at radius 2 is 1.49 bits per heavy atom. The van der Waals surface area contributed by atoms with Gasteiger partial charge >= 0.3 is 0 Å². The van der Waals surface area contributed by atoms with E-state index in [1.54, 1.807) is 0 Å². The first-order chi connectivity index (χ1) is 17.6. The SMILES string of the molecule is CC(C)c1cc(C(C)C)c(S(=O)(=O)NCC(NCCCC2=CCC=CC2)c2ccccc2)c(C(C)C)c1. The van der Waals surface area contributed by atoms with Gasteiger partial charge in [-0.1, -0.05) is 108 Å². The minimum atomic E-state index is -3.71. The summed E-state index contributed by atoms with van der Waals surface area (Å²) in [6.45, 7) is 13.8. The van der Waals surface area contributed by atoms with Crippen LogP contribution >= 0.6 is 0 Å². The molecule has 0 spiro atoms. The molecular weight excluding hydrogens is 476 g/mol. The van der Waals surface area contributed by atoms with Crippen molar-refractivity contribution in [2.24, 2.45) is 0 Å². The molecule has 37 heavy (non-hydrogen) atoms. The second kappa shape index (κ2) is 13.5. The van der Waals surface area contributed by atoms with Crippen molar-refractivity contribution in [2.75, 3.05) is 13.1 Å². The third kappa shape index (κ3) is 8.13. The molecule has 2 aromatic rings. The lowest BCUT2D eigenvalue weighted by atomic mass is 9.89. The van der Waals surface area contributed by atoms with E-state index >= 15 is 0 Å². The monoisotopic (exact) mass is 522 g/mol. The maximum absolute atomic E-state index is 13.9. The number of hydrogen-bond acceptors (Lipinski definition) is 3. The molecule has 1 aliphatic carbocycles. The maximum Gasteiger partial charge on any atom is 0.241 e. The van der Waals surface area contributed by atoms with Crippen molar-refractivity contribution in [2.45, 2.75) is 95.9 Å². The second-order valence-corrected chi connectivity index (χ2v) is 12.8. The largest absolute Gasteiger partial charge is 0.309 e. The summed E-state index contributed by atoms with van der Waals surface area (Å²) < 4.78 is 30.8. The van der Waals surface area contributed by atoms with E-state index in [0.717, 1.165) is 48.9 Å². The van der Waals surface area contributed by atoms with Crippen molar-refractivity contribution in [3.63, 3.8) is 0 Å². The van der Waals surface area contributed by atoms with E-state index in [2.05, 4.69) is 94.1 Å². The molecule has 1 unspecified atom stereocenters. The molecule has 0 amide bonds. The van der Waals surface area contributed by atoms with Gasteiger partial charge in [-0.05, 0) is 72.2 Å². The van der Waals surface area contributed by atoms with Gasteiger partial charge in [-0.25, -0.2) is 13.1 Å². The molecule has 0 aromatic heterocycles. The van der Waals surface area contributed by atoms with Crippen LogP contribution in [0.3, 0.4) is 0 Å². The number of sulfonamides is 1. The van der Waals surface area contributed by atoms with Crippen LogP contribution in [0.4, 0.5) is 0 Å². The van der Waals surface area contributed by atoms with Gasteiger partial charge in [-0.3, -0.25) is 0 Å². The van der Waals surface area contributed by atoms with Gasteiger partial charge in [0, 0.05) is 12.6 Å². The number of benzene rings is 2. The highest BCUT2D eigenvalue weighted by atomic mass is 32.2. The van der Waals surface area contributed by atoms with E-state index in [4.69, 9.17) is 0 Å². The molecule has 0 aliphatic heterocycles. The predicted octanol–water partition coefficient (Wildman–Crippen LogP) is 7.72. The van der Waals surface area contributed by atoms with E-state index in [1.165, 1.54) is 11.1 Å². The molecule has 4 nitrogen and oxygen atoms in total. The molecule has 5 heteroatoms. The molecule has 0 saturated carbocycles. The van der Waals surface area contributed by atoms with E-state index in [9.17, 15) is 8.42 Å². The van der Waals surface area contributed by atoms with Crippen LogP contribution in [0.15, 0.2) is 71.2 Å². The van der Waals surface area contributed by atoms with Crippen LogP contribution in [0.5, 0.6) is 0 Å². The number of allylic oxidation sites excluding steroid dienone is 4. The number of rotatable bonds is 13. The van der Waals surface area contributed by atoms with Crippen molar-refractivity contribution in [1.82, 2.24) is 10.0 Å². The topological polar surface area (TPSA) is 58.2 Å². The fourth-order valence-corrected chi connectivity index (χ4v) is 6.64. The lowest BCUT2D eigenvalue weighted by molar-refractivity contribution is 0.504. The van der Waals surface area contributed by atoms with E-state index in [0.29, 0.717) is 17.4 Å². The summed E-state index contributed by atoms with van der Waals surface area (Å²) in [5, 5.41) is 3.63. The van der Waals surface area contributed by atoms with Crippen molar-refractivity contribution in [3.8, 4) is 0 Å². The van der Waals surface area contributed by atoms with Gasteiger partial charge in [-0.2, -0.15) is 0 Å². The normalized spacial score (nSPS) is 15.0. The summed E-state index contributed by atoms with van der Waals surface area (Å²) in [4.78, 5) is 0.464. The maximum atomic E-state index is 13.9. The fourth-order valence-electron chi connectivity index (χ4n) is 4.90. The van der Waals surface area contributed by atoms with Crippen molar-refractivity contribution in [3.05, 3.63) is 88.5 Å². The Morgan fingerprint density at radius 3 is 2.03 bits per heavy atom. The summed E-state index contributed by atoms with van der Waals surface area (Å²) >= 11 is 0. The zero-order chi connectivity index (χ0) is 27.0. The van der Waals surface area contributed by atoms with E-state index in [-0.39, 0.29) is 17.9 Å².